The van der Waals surface area contributed by atoms with E-state index in [4.69, 9.17) is 0 Å². The van der Waals surface area contributed by atoms with Crippen molar-refractivity contribution in [1.82, 2.24) is 0 Å². The Bertz CT molecular complexity index is 143. The third-order valence-corrected chi connectivity index (χ3v) is 1.01. The second-order valence-electron chi connectivity index (χ2n) is 1.96. The standard InChI is InChI=1S/C8H12O/c1-4-7(2)5-6-8(3)9/h5-6H,2,4H2,1,3H3/b6-5-. The average Bonchev–Trinajstić information content (AvgIpc) is 1.83. The highest BCUT2D eigenvalue weighted by Crippen LogP contribution is 1.96. The van der Waals surface area contributed by atoms with Crippen molar-refractivity contribution in [3.05, 3.63) is 24.3 Å². The molecule has 0 spiro atoms. The van der Waals surface area contributed by atoms with Crippen LogP contribution in [0.1, 0.15) is 20.3 Å². The molecule has 0 aromatic rings. The number of carbonyl (C=O) groups is 1. The van der Waals surface area contributed by atoms with Crippen molar-refractivity contribution < 1.29 is 4.79 Å². The minimum atomic E-state index is 0.0737. The number of hydrogen-bond acceptors (Lipinski definition) is 1. The fraction of sp³-hybridized carbons (Fsp3) is 0.375. The van der Waals surface area contributed by atoms with Crippen molar-refractivity contribution in [2.75, 3.05) is 0 Å². The van der Waals surface area contributed by atoms with Gasteiger partial charge in [0.25, 0.3) is 0 Å². The van der Waals surface area contributed by atoms with Gasteiger partial charge in [-0.2, -0.15) is 0 Å². The van der Waals surface area contributed by atoms with Gasteiger partial charge in [-0.1, -0.05) is 25.2 Å². The van der Waals surface area contributed by atoms with Crippen LogP contribution in [0.25, 0.3) is 0 Å². The van der Waals surface area contributed by atoms with Gasteiger partial charge in [-0.05, 0) is 19.4 Å². The Kier molecular flexibility index (Phi) is 3.69. The van der Waals surface area contributed by atoms with Crippen molar-refractivity contribution in [3.63, 3.8) is 0 Å². The van der Waals surface area contributed by atoms with Crippen LogP contribution in [-0.2, 0) is 4.79 Å². The van der Waals surface area contributed by atoms with Crippen molar-refractivity contribution >= 4 is 5.78 Å². The van der Waals surface area contributed by atoms with Crippen LogP contribution in [0.15, 0.2) is 24.3 Å². The monoisotopic (exact) mass is 124 g/mol. The fourth-order valence-corrected chi connectivity index (χ4v) is 0.353. The Balaban J connectivity index is 3.71. The maximum absolute atomic E-state index is 10.3. The summed E-state index contributed by atoms with van der Waals surface area (Å²) in [4.78, 5) is 10.3. The first-order valence-electron chi connectivity index (χ1n) is 3.03. The molecule has 1 heteroatoms. The van der Waals surface area contributed by atoms with Gasteiger partial charge in [0.1, 0.15) is 0 Å². The molecule has 0 aromatic heterocycles. The minimum absolute atomic E-state index is 0.0737. The second-order valence-corrected chi connectivity index (χ2v) is 1.96. The SMILES string of the molecule is C=C(/C=C\C(C)=O)CC. The maximum atomic E-state index is 10.3. The van der Waals surface area contributed by atoms with Crippen LogP contribution in [0.2, 0.25) is 0 Å². The third-order valence-electron chi connectivity index (χ3n) is 1.01. The van der Waals surface area contributed by atoms with Crippen LogP contribution in [-0.4, -0.2) is 5.78 Å². The predicted octanol–water partition coefficient (Wildman–Crippen LogP) is 2.10. The summed E-state index contributed by atoms with van der Waals surface area (Å²) in [5, 5.41) is 0. The minimum Gasteiger partial charge on any atom is -0.295 e. The van der Waals surface area contributed by atoms with Crippen LogP contribution in [0.5, 0.6) is 0 Å². The van der Waals surface area contributed by atoms with E-state index in [1.54, 1.807) is 6.08 Å². The van der Waals surface area contributed by atoms with E-state index in [0.717, 1.165) is 12.0 Å². The van der Waals surface area contributed by atoms with E-state index < -0.39 is 0 Å². The molecule has 1 nitrogen and oxygen atoms in total. The van der Waals surface area contributed by atoms with E-state index in [9.17, 15) is 4.79 Å². The van der Waals surface area contributed by atoms with Crippen molar-refractivity contribution in [2.24, 2.45) is 0 Å². The molecule has 0 atom stereocenters. The lowest BCUT2D eigenvalue weighted by Gasteiger charge is -1.87. The summed E-state index contributed by atoms with van der Waals surface area (Å²) in [6, 6.07) is 0. The summed E-state index contributed by atoms with van der Waals surface area (Å²) in [7, 11) is 0. The largest absolute Gasteiger partial charge is 0.295 e. The Morgan fingerprint density at radius 1 is 1.56 bits per heavy atom. The summed E-state index contributed by atoms with van der Waals surface area (Å²) in [5.74, 6) is 0.0737. The van der Waals surface area contributed by atoms with E-state index in [1.165, 1.54) is 13.0 Å². The van der Waals surface area contributed by atoms with Gasteiger partial charge in [0.05, 0.1) is 0 Å². The molecule has 0 fully saturated rings. The highest BCUT2D eigenvalue weighted by atomic mass is 16.1. The molecule has 0 aliphatic rings. The number of allylic oxidation sites excluding steroid dienone is 3. The molecule has 0 saturated carbocycles. The molecular weight excluding hydrogens is 112 g/mol. The van der Waals surface area contributed by atoms with E-state index in [0.29, 0.717) is 0 Å². The quantitative estimate of drug-likeness (QED) is 0.416. The summed E-state index contributed by atoms with van der Waals surface area (Å²) < 4.78 is 0. The molecule has 0 amide bonds. The molecule has 0 radical (unpaired) electrons. The zero-order chi connectivity index (χ0) is 7.28. The number of carbonyl (C=O) groups excluding carboxylic acids is 1. The summed E-state index contributed by atoms with van der Waals surface area (Å²) in [6.07, 6.45) is 4.19. The lowest BCUT2D eigenvalue weighted by molar-refractivity contribution is -0.112. The molecule has 0 heterocycles. The van der Waals surface area contributed by atoms with E-state index in [1.807, 2.05) is 6.92 Å². The maximum Gasteiger partial charge on any atom is 0.152 e. The van der Waals surface area contributed by atoms with E-state index in [-0.39, 0.29) is 5.78 Å². The molecule has 0 bridgehead atoms. The smallest absolute Gasteiger partial charge is 0.152 e. The highest BCUT2D eigenvalue weighted by molar-refractivity contribution is 5.87. The molecule has 50 valence electrons. The average molecular weight is 124 g/mol. The van der Waals surface area contributed by atoms with Crippen molar-refractivity contribution in [2.45, 2.75) is 20.3 Å². The van der Waals surface area contributed by atoms with Gasteiger partial charge in [-0.15, -0.1) is 0 Å². The van der Waals surface area contributed by atoms with Gasteiger partial charge in [-0.25, -0.2) is 0 Å². The highest BCUT2D eigenvalue weighted by Gasteiger charge is 1.82. The van der Waals surface area contributed by atoms with Crippen molar-refractivity contribution in [1.29, 1.82) is 0 Å². The summed E-state index contributed by atoms with van der Waals surface area (Å²) >= 11 is 0. The fourth-order valence-electron chi connectivity index (χ4n) is 0.353. The van der Waals surface area contributed by atoms with Gasteiger partial charge in [0.2, 0.25) is 0 Å². The van der Waals surface area contributed by atoms with Gasteiger partial charge < -0.3 is 0 Å². The first kappa shape index (κ1) is 8.15. The Morgan fingerprint density at radius 2 is 2.11 bits per heavy atom. The molecule has 9 heavy (non-hydrogen) atoms. The lowest BCUT2D eigenvalue weighted by atomic mass is 10.2. The number of hydrogen-bond donors (Lipinski definition) is 0. The van der Waals surface area contributed by atoms with E-state index >= 15 is 0 Å². The normalized spacial score (nSPS) is 10.0. The number of rotatable bonds is 3. The molecule has 0 saturated heterocycles. The van der Waals surface area contributed by atoms with E-state index in [2.05, 4.69) is 6.58 Å². The molecule has 0 aliphatic carbocycles. The lowest BCUT2D eigenvalue weighted by Crippen LogP contribution is -1.80. The van der Waals surface area contributed by atoms with Crippen LogP contribution < -0.4 is 0 Å². The molecule has 0 aromatic carbocycles. The van der Waals surface area contributed by atoms with Crippen LogP contribution in [0.3, 0.4) is 0 Å². The molecule has 0 rings (SSSR count). The Hall–Kier alpha value is -0.850. The first-order valence-corrected chi connectivity index (χ1v) is 3.03. The predicted molar refractivity (Wildman–Crippen MR) is 39.3 cm³/mol. The Labute approximate surface area is 56.1 Å². The van der Waals surface area contributed by atoms with Gasteiger partial charge in [-0.3, -0.25) is 4.79 Å². The molecule has 0 N–H and O–H groups in total. The van der Waals surface area contributed by atoms with Gasteiger partial charge in [0, 0.05) is 0 Å². The zero-order valence-corrected chi connectivity index (χ0v) is 5.98. The zero-order valence-electron chi connectivity index (χ0n) is 5.98. The van der Waals surface area contributed by atoms with Gasteiger partial charge in [0.15, 0.2) is 5.78 Å². The molecular formula is C8H12O. The number of ketones is 1. The van der Waals surface area contributed by atoms with Crippen LogP contribution in [0.4, 0.5) is 0 Å². The summed E-state index contributed by atoms with van der Waals surface area (Å²) in [6.45, 7) is 7.24. The van der Waals surface area contributed by atoms with Gasteiger partial charge >= 0.3 is 0 Å². The second kappa shape index (κ2) is 4.07. The third kappa shape index (κ3) is 5.01. The van der Waals surface area contributed by atoms with Crippen molar-refractivity contribution in [3.8, 4) is 0 Å². The molecule has 0 aliphatic heterocycles. The topological polar surface area (TPSA) is 17.1 Å². The molecule has 0 unspecified atom stereocenters. The van der Waals surface area contributed by atoms with Crippen LogP contribution in [0, 0.1) is 0 Å². The summed E-state index contributed by atoms with van der Waals surface area (Å²) in [5.41, 5.74) is 0.991. The first-order chi connectivity index (χ1) is 4.16. The van der Waals surface area contributed by atoms with Crippen LogP contribution >= 0.6 is 0 Å². The Morgan fingerprint density at radius 3 is 2.44 bits per heavy atom.